The predicted molar refractivity (Wildman–Crippen MR) is 113 cm³/mol. The Morgan fingerprint density at radius 1 is 1.30 bits per heavy atom. The molecule has 2 heterocycles. The van der Waals surface area contributed by atoms with E-state index in [1.54, 1.807) is 6.07 Å². The number of hydrogen-bond acceptors (Lipinski definition) is 9. The van der Waals surface area contributed by atoms with Crippen molar-refractivity contribution in [3.05, 3.63) is 35.7 Å². The topological polar surface area (TPSA) is 139 Å². The maximum atomic E-state index is 13.7. The largest absolute Gasteiger partial charge is 0.393 e. The highest BCUT2D eigenvalue weighted by atomic mass is 32.3. The van der Waals surface area contributed by atoms with Crippen molar-refractivity contribution in [2.45, 2.75) is 50.2 Å². The molecule has 9 nitrogen and oxygen atoms in total. The Labute approximate surface area is 175 Å². The molecule has 1 aliphatic heterocycles. The van der Waals surface area contributed by atoms with Crippen molar-refractivity contribution in [1.82, 2.24) is 9.97 Å². The van der Waals surface area contributed by atoms with Crippen molar-refractivity contribution in [2.75, 3.05) is 28.7 Å². The fraction of sp³-hybridized carbons (Fsp3) is 0.474. The van der Waals surface area contributed by atoms with E-state index in [1.807, 2.05) is 25.7 Å². The molecule has 0 amide bonds. The molecule has 0 spiro atoms. The molecule has 164 valence electrons. The molecule has 0 aliphatic carbocycles. The minimum absolute atomic E-state index is 0.133. The number of β-amino-alcohol motifs (C(OH)–C–C–N with tert-alkyl or cyclic N) is 1. The van der Waals surface area contributed by atoms with Crippen LogP contribution in [-0.4, -0.2) is 42.7 Å². The van der Waals surface area contributed by atoms with E-state index in [9.17, 15) is 17.4 Å². The molecule has 1 aromatic carbocycles. The number of aliphatic hydroxyl groups excluding tert-OH is 1. The number of aromatic nitrogens is 2. The first-order valence-corrected chi connectivity index (χ1v) is 10.9. The van der Waals surface area contributed by atoms with Crippen molar-refractivity contribution in [1.29, 1.82) is 0 Å². The third-order valence-corrected chi connectivity index (χ3v) is 5.81. The summed E-state index contributed by atoms with van der Waals surface area (Å²) in [7, 11) is -4.91. The van der Waals surface area contributed by atoms with Gasteiger partial charge in [0, 0.05) is 18.5 Å². The molecule has 2 aromatic rings. The normalized spacial score (nSPS) is 17.4. The minimum atomic E-state index is -4.91. The number of nitrogens with two attached hydrogens (primary N) is 2. The lowest BCUT2D eigenvalue weighted by atomic mass is 9.95. The van der Waals surface area contributed by atoms with Crippen LogP contribution in [0.3, 0.4) is 0 Å². The van der Waals surface area contributed by atoms with Gasteiger partial charge in [-0.3, -0.25) is 5.01 Å². The Morgan fingerprint density at radius 2 is 1.97 bits per heavy atom. The van der Waals surface area contributed by atoms with Crippen LogP contribution in [0, 0.1) is 0 Å². The van der Waals surface area contributed by atoms with Crippen LogP contribution in [0.15, 0.2) is 29.2 Å². The molecular formula is C19H27FN6O3S. The fourth-order valence-corrected chi connectivity index (χ4v) is 3.99. The molecule has 5 N–H and O–H groups in total. The van der Waals surface area contributed by atoms with Gasteiger partial charge < -0.3 is 15.7 Å². The molecule has 1 fully saturated rings. The van der Waals surface area contributed by atoms with Crippen LogP contribution < -0.4 is 21.5 Å². The van der Waals surface area contributed by atoms with Gasteiger partial charge in [0.2, 0.25) is 0 Å². The zero-order valence-electron chi connectivity index (χ0n) is 17.2. The summed E-state index contributed by atoms with van der Waals surface area (Å²) in [6.45, 7) is 6.66. The van der Waals surface area contributed by atoms with Crippen LogP contribution in [0.25, 0.3) is 0 Å². The van der Waals surface area contributed by atoms with Gasteiger partial charge in [-0.2, -0.15) is 8.42 Å². The highest BCUT2D eigenvalue weighted by molar-refractivity contribution is 7.86. The first-order valence-electron chi connectivity index (χ1n) is 9.53. The Bertz CT molecular complexity index is 1040. The zero-order chi connectivity index (χ0) is 22.3. The van der Waals surface area contributed by atoms with E-state index in [4.69, 9.17) is 11.6 Å². The van der Waals surface area contributed by atoms with E-state index < -0.39 is 26.6 Å². The summed E-state index contributed by atoms with van der Waals surface area (Å²) in [4.78, 5) is 10.5. The number of aliphatic hydroxyl groups is 1. The molecule has 1 aromatic heterocycles. The number of anilines is 3. The Balaban J connectivity index is 2.05. The summed E-state index contributed by atoms with van der Waals surface area (Å²) >= 11 is 0. The number of hydrogen-bond donors (Lipinski definition) is 3. The Morgan fingerprint density at radius 3 is 2.53 bits per heavy atom. The fourth-order valence-electron chi connectivity index (χ4n) is 3.31. The summed E-state index contributed by atoms with van der Waals surface area (Å²) in [6, 6.07) is 5.69. The van der Waals surface area contributed by atoms with Crippen LogP contribution in [0.4, 0.5) is 21.2 Å². The molecule has 0 radical (unpaired) electrons. The number of hydrazine groups is 1. The number of nitrogen functional groups attached to an aromatic ring is 1. The molecule has 1 atom stereocenters. The van der Waals surface area contributed by atoms with Crippen LogP contribution in [-0.2, 0) is 22.2 Å². The van der Waals surface area contributed by atoms with E-state index in [0.717, 1.165) is 0 Å². The van der Waals surface area contributed by atoms with Crippen LogP contribution >= 0.6 is 0 Å². The smallest absolute Gasteiger partial charge is 0.332 e. The van der Waals surface area contributed by atoms with E-state index in [1.165, 1.54) is 23.2 Å². The maximum Gasteiger partial charge on any atom is 0.332 e. The summed E-state index contributed by atoms with van der Waals surface area (Å²) in [5, 5.41) is 11.1. The first-order chi connectivity index (χ1) is 13.9. The third-order valence-electron chi connectivity index (χ3n) is 4.89. The van der Waals surface area contributed by atoms with Crippen molar-refractivity contribution >= 4 is 27.5 Å². The number of nitrogens with zero attached hydrogens (tertiary/aromatic N) is 4. The Kier molecular flexibility index (Phi) is 5.89. The molecule has 30 heavy (non-hydrogen) atoms. The molecule has 0 saturated carbocycles. The quantitative estimate of drug-likeness (QED) is 0.360. The molecular weight excluding hydrogens is 411 g/mol. The van der Waals surface area contributed by atoms with Crippen molar-refractivity contribution in [3.63, 3.8) is 0 Å². The standard InChI is InChI=1S/C19H27FN6O3S/c1-19(2,3)18-23-16(25-9-8-13(27)11-25)15(21)17(24-18)26(22)10-12-6-4-5-7-14(12)30(20,28)29/h4-7,13,27H,8-11,21-22H2,1-3H3. The summed E-state index contributed by atoms with van der Waals surface area (Å²) in [5.74, 6) is 7.38. The van der Waals surface area contributed by atoms with Gasteiger partial charge in [0.25, 0.3) is 0 Å². The van der Waals surface area contributed by atoms with Crippen LogP contribution in [0.5, 0.6) is 0 Å². The zero-order valence-corrected chi connectivity index (χ0v) is 18.0. The lowest BCUT2D eigenvalue weighted by molar-refractivity contribution is 0.198. The van der Waals surface area contributed by atoms with Crippen LogP contribution in [0.1, 0.15) is 38.6 Å². The molecule has 1 aliphatic rings. The van der Waals surface area contributed by atoms with Gasteiger partial charge in [0.1, 0.15) is 16.4 Å². The lowest BCUT2D eigenvalue weighted by Gasteiger charge is -2.28. The van der Waals surface area contributed by atoms with Crippen molar-refractivity contribution < 1.29 is 17.4 Å². The number of benzene rings is 1. The molecule has 1 saturated heterocycles. The van der Waals surface area contributed by atoms with E-state index in [-0.39, 0.29) is 23.6 Å². The van der Waals surface area contributed by atoms with E-state index in [0.29, 0.717) is 31.2 Å². The molecule has 0 bridgehead atoms. The lowest BCUT2D eigenvalue weighted by Crippen LogP contribution is -2.35. The van der Waals surface area contributed by atoms with Crippen molar-refractivity contribution in [2.24, 2.45) is 5.84 Å². The van der Waals surface area contributed by atoms with Gasteiger partial charge in [0.05, 0.1) is 12.6 Å². The van der Waals surface area contributed by atoms with E-state index in [2.05, 4.69) is 9.97 Å². The van der Waals surface area contributed by atoms with Gasteiger partial charge in [-0.15, -0.1) is 3.89 Å². The first kappa shape index (κ1) is 22.2. The van der Waals surface area contributed by atoms with Gasteiger partial charge in [-0.25, -0.2) is 15.8 Å². The summed E-state index contributed by atoms with van der Waals surface area (Å²) in [6.07, 6.45) is 0.119. The Hall–Kier alpha value is -2.50. The molecule has 3 rings (SSSR count). The summed E-state index contributed by atoms with van der Waals surface area (Å²) in [5.41, 5.74) is 6.30. The van der Waals surface area contributed by atoms with E-state index >= 15 is 0 Å². The van der Waals surface area contributed by atoms with Gasteiger partial charge in [-0.1, -0.05) is 39.0 Å². The van der Waals surface area contributed by atoms with Gasteiger partial charge in [-0.05, 0) is 18.1 Å². The monoisotopic (exact) mass is 438 g/mol. The number of halogens is 1. The third kappa shape index (κ3) is 4.63. The maximum absolute atomic E-state index is 13.7. The van der Waals surface area contributed by atoms with Crippen LogP contribution in [0.2, 0.25) is 0 Å². The van der Waals surface area contributed by atoms with Crippen molar-refractivity contribution in [3.8, 4) is 0 Å². The van der Waals surface area contributed by atoms with Gasteiger partial charge in [0.15, 0.2) is 11.6 Å². The average Bonchev–Trinajstić information content (AvgIpc) is 3.06. The molecule has 1 unspecified atom stereocenters. The predicted octanol–water partition coefficient (Wildman–Crippen LogP) is 1.47. The van der Waals surface area contributed by atoms with Gasteiger partial charge >= 0.3 is 10.2 Å². The average molecular weight is 439 g/mol. The second kappa shape index (κ2) is 7.97. The number of rotatable bonds is 5. The highest BCUT2D eigenvalue weighted by Gasteiger charge is 2.29. The second-order valence-corrected chi connectivity index (χ2v) is 9.74. The second-order valence-electron chi connectivity index (χ2n) is 8.42. The highest BCUT2D eigenvalue weighted by Crippen LogP contribution is 2.34. The minimum Gasteiger partial charge on any atom is -0.393 e. The molecule has 11 heteroatoms. The SMILES string of the molecule is CC(C)(C)c1nc(N(N)Cc2ccccc2S(=O)(=O)F)c(N)c(N2CCC(O)C2)n1. The summed E-state index contributed by atoms with van der Waals surface area (Å²) < 4.78 is 36.6.